The van der Waals surface area contributed by atoms with Crippen molar-refractivity contribution in [3.05, 3.63) is 29.6 Å². The van der Waals surface area contributed by atoms with Gasteiger partial charge in [0, 0.05) is 17.5 Å². The van der Waals surface area contributed by atoms with Crippen LogP contribution < -0.4 is 5.32 Å². The van der Waals surface area contributed by atoms with E-state index < -0.39 is 0 Å². The van der Waals surface area contributed by atoms with Crippen molar-refractivity contribution in [2.75, 3.05) is 12.8 Å². The Morgan fingerprint density at radius 1 is 1.35 bits per heavy atom. The fraction of sp³-hybridized carbons (Fsp3) is 0.625. The molecule has 0 aliphatic heterocycles. The lowest BCUT2D eigenvalue weighted by molar-refractivity contribution is 0.127. The van der Waals surface area contributed by atoms with Gasteiger partial charge in [0.05, 0.1) is 6.10 Å². The van der Waals surface area contributed by atoms with Crippen LogP contribution in [0, 0.1) is 11.2 Å². The van der Waals surface area contributed by atoms with Crippen molar-refractivity contribution >= 4 is 11.8 Å². The molecule has 0 bridgehead atoms. The molecule has 0 radical (unpaired) electrons. The lowest BCUT2D eigenvalue weighted by Gasteiger charge is -2.28. The van der Waals surface area contributed by atoms with Crippen molar-refractivity contribution in [1.29, 1.82) is 0 Å². The van der Waals surface area contributed by atoms with Gasteiger partial charge in [0.15, 0.2) is 0 Å². The predicted molar refractivity (Wildman–Crippen MR) is 84.7 cm³/mol. The Kier molecular flexibility index (Phi) is 6.49. The minimum absolute atomic E-state index is 0.0141. The van der Waals surface area contributed by atoms with E-state index in [0.29, 0.717) is 4.90 Å². The Labute approximate surface area is 126 Å². The van der Waals surface area contributed by atoms with Gasteiger partial charge in [0.2, 0.25) is 0 Å². The first-order chi connectivity index (χ1) is 9.25. The fourth-order valence-corrected chi connectivity index (χ4v) is 2.83. The van der Waals surface area contributed by atoms with Gasteiger partial charge in [-0.2, -0.15) is 0 Å². The summed E-state index contributed by atoms with van der Waals surface area (Å²) in [6.45, 7) is 8.87. The highest BCUT2D eigenvalue weighted by molar-refractivity contribution is 7.98. The average molecular weight is 299 g/mol. The van der Waals surface area contributed by atoms with Crippen LogP contribution in [0.4, 0.5) is 4.39 Å². The molecule has 1 aromatic carbocycles. The van der Waals surface area contributed by atoms with Crippen molar-refractivity contribution in [2.45, 2.75) is 51.2 Å². The van der Waals surface area contributed by atoms with E-state index in [1.165, 1.54) is 11.8 Å². The third kappa shape index (κ3) is 5.43. The van der Waals surface area contributed by atoms with Crippen LogP contribution in [0.25, 0.3) is 0 Å². The van der Waals surface area contributed by atoms with E-state index >= 15 is 0 Å². The zero-order valence-electron chi connectivity index (χ0n) is 13.0. The highest BCUT2D eigenvalue weighted by atomic mass is 32.2. The number of halogens is 1. The van der Waals surface area contributed by atoms with E-state index in [9.17, 15) is 9.50 Å². The van der Waals surface area contributed by atoms with Gasteiger partial charge in [-0.05, 0) is 49.6 Å². The molecule has 0 spiro atoms. The lowest BCUT2D eigenvalue weighted by atomic mass is 9.86. The number of aliphatic hydroxyl groups is 1. The summed E-state index contributed by atoms with van der Waals surface area (Å²) in [6.07, 6.45) is 2.31. The predicted octanol–water partition coefficient (Wildman–Crippen LogP) is 4.00. The largest absolute Gasteiger partial charge is 0.393 e. The number of hydrogen-bond acceptors (Lipinski definition) is 3. The van der Waals surface area contributed by atoms with Gasteiger partial charge in [-0.3, -0.25) is 0 Å². The number of nitrogens with one attached hydrogen (secondary N) is 1. The van der Waals surface area contributed by atoms with Crippen LogP contribution in [0.15, 0.2) is 23.1 Å². The molecular weight excluding hydrogens is 273 g/mol. The van der Waals surface area contributed by atoms with E-state index in [1.807, 2.05) is 32.2 Å². The fourth-order valence-electron chi connectivity index (χ4n) is 2.37. The Balaban J connectivity index is 2.63. The summed E-state index contributed by atoms with van der Waals surface area (Å²) < 4.78 is 13.8. The molecule has 0 saturated carbocycles. The maximum Gasteiger partial charge on any atom is 0.137 e. The molecule has 1 rings (SSSR count). The molecule has 2 atom stereocenters. The zero-order chi connectivity index (χ0) is 15.3. The molecule has 20 heavy (non-hydrogen) atoms. The first-order valence-corrected chi connectivity index (χ1v) is 8.22. The molecule has 0 aliphatic rings. The molecule has 0 saturated heterocycles. The third-order valence-electron chi connectivity index (χ3n) is 3.41. The highest BCUT2D eigenvalue weighted by Crippen LogP contribution is 2.25. The molecule has 1 aromatic rings. The second kappa shape index (κ2) is 7.43. The van der Waals surface area contributed by atoms with Crippen LogP contribution in [0.2, 0.25) is 0 Å². The molecule has 0 heterocycles. The molecule has 2 nitrogen and oxygen atoms in total. The molecule has 0 fully saturated rings. The van der Waals surface area contributed by atoms with Crippen molar-refractivity contribution < 1.29 is 9.50 Å². The molecule has 2 unspecified atom stereocenters. The highest BCUT2D eigenvalue weighted by Gasteiger charge is 2.21. The SMILES string of the molecule is CSc1ccc(C(C)NCC(C)(C)CC(C)O)cc1F. The van der Waals surface area contributed by atoms with Gasteiger partial charge in [-0.25, -0.2) is 4.39 Å². The van der Waals surface area contributed by atoms with Crippen LogP contribution in [-0.4, -0.2) is 24.0 Å². The first kappa shape index (κ1) is 17.5. The molecule has 0 aliphatic carbocycles. The summed E-state index contributed by atoms with van der Waals surface area (Å²) >= 11 is 1.42. The van der Waals surface area contributed by atoms with Crippen LogP contribution in [0.3, 0.4) is 0 Å². The summed E-state index contributed by atoms with van der Waals surface area (Å²) in [7, 11) is 0. The van der Waals surface area contributed by atoms with E-state index in [2.05, 4.69) is 19.2 Å². The second-order valence-electron chi connectivity index (χ2n) is 6.21. The molecule has 114 valence electrons. The summed E-state index contributed by atoms with van der Waals surface area (Å²) in [5.41, 5.74) is 0.966. The van der Waals surface area contributed by atoms with E-state index in [1.54, 1.807) is 6.07 Å². The van der Waals surface area contributed by atoms with Crippen LogP contribution in [-0.2, 0) is 0 Å². The molecular formula is C16H26FNOS. The summed E-state index contributed by atoms with van der Waals surface area (Å²) in [5.74, 6) is -0.160. The Morgan fingerprint density at radius 2 is 2.00 bits per heavy atom. The van der Waals surface area contributed by atoms with E-state index in [-0.39, 0.29) is 23.4 Å². The smallest absolute Gasteiger partial charge is 0.137 e. The van der Waals surface area contributed by atoms with Gasteiger partial charge in [0.25, 0.3) is 0 Å². The van der Waals surface area contributed by atoms with Gasteiger partial charge in [-0.1, -0.05) is 19.9 Å². The lowest BCUT2D eigenvalue weighted by Crippen LogP contribution is -2.33. The molecule has 4 heteroatoms. The van der Waals surface area contributed by atoms with Crippen LogP contribution >= 0.6 is 11.8 Å². The van der Waals surface area contributed by atoms with Crippen molar-refractivity contribution in [3.8, 4) is 0 Å². The standard InChI is InChI=1S/C16H26FNOS/c1-11(19)9-16(3,4)10-18-12(2)13-6-7-15(20-5)14(17)8-13/h6-8,11-12,18-19H,9-10H2,1-5H3. The minimum atomic E-state index is -0.305. The van der Waals surface area contributed by atoms with Gasteiger partial charge in [-0.15, -0.1) is 11.8 Å². The number of aliphatic hydroxyl groups excluding tert-OH is 1. The summed E-state index contributed by atoms with van der Waals surface area (Å²) in [5, 5.41) is 12.9. The Bertz CT molecular complexity index is 434. The monoisotopic (exact) mass is 299 g/mol. The van der Waals surface area contributed by atoms with E-state index in [4.69, 9.17) is 0 Å². The zero-order valence-corrected chi connectivity index (χ0v) is 13.9. The molecule has 0 amide bonds. The Morgan fingerprint density at radius 3 is 2.50 bits per heavy atom. The topological polar surface area (TPSA) is 32.3 Å². The summed E-state index contributed by atoms with van der Waals surface area (Å²) in [4.78, 5) is 0.676. The normalized spacial score (nSPS) is 15.2. The number of benzene rings is 1. The van der Waals surface area contributed by atoms with Crippen molar-refractivity contribution in [2.24, 2.45) is 5.41 Å². The third-order valence-corrected chi connectivity index (χ3v) is 4.18. The number of thioether (sulfide) groups is 1. The molecule has 2 N–H and O–H groups in total. The van der Waals surface area contributed by atoms with Crippen molar-refractivity contribution in [3.63, 3.8) is 0 Å². The number of rotatable bonds is 7. The number of hydrogen-bond donors (Lipinski definition) is 2. The Hall–Kier alpha value is -0.580. The maximum atomic E-state index is 13.8. The van der Waals surface area contributed by atoms with Crippen molar-refractivity contribution in [1.82, 2.24) is 5.32 Å². The van der Waals surface area contributed by atoms with Crippen LogP contribution in [0.1, 0.15) is 45.7 Å². The average Bonchev–Trinajstić information content (AvgIpc) is 2.34. The first-order valence-electron chi connectivity index (χ1n) is 7.00. The van der Waals surface area contributed by atoms with E-state index in [0.717, 1.165) is 18.5 Å². The second-order valence-corrected chi connectivity index (χ2v) is 7.06. The van der Waals surface area contributed by atoms with Gasteiger partial charge >= 0.3 is 0 Å². The van der Waals surface area contributed by atoms with Crippen LogP contribution in [0.5, 0.6) is 0 Å². The maximum absolute atomic E-state index is 13.8. The van der Waals surface area contributed by atoms with Gasteiger partial charge in [0.1, 0.15) is 5.82 Å². The van der Waals surface area contributed by atoms with Gasteiger partial charge < -0.3 is 10.4 Å². The summed E-state index contributed by atoms with van der Waals surface area (Å²) in [6, 6.07) is 5.49. The minimum Gasteiger partial charge on any atom is -0.393 e. The quantitative estimate of drug-likeness (QED) is 0.747. The molecule has 0 aromatic heterocycles.